The zero-order valence-electron chi connectivity index (χ0n) is 17.9. The molecule has 4 aromatic rings. The first-order chi connectivity index (χ1) is 15.0. The Morgan fingerprint density at radius 3 is 2.52 bits per heavy atom. The minimum Gasteiger partial charge on any atom is -0.504 e. The van der Waals surface area contributed by atoms with Crippen LogP contribution in [-0.4, -0.2) is 22.2 Å². The maximum absolute atomic E-state index is 9.92. The summed E-state index contributed by atoms with van der Waals surface area (Å²) in [5, 5.41) is 16.1. The van der Waals surface area contributed by atoms with Crippen molar-refractivity contribution in [3.8, 4) is 22.8 Å². The summed E-state index contributed by atoms with van der Waals surface area (Å²) in [6.45, 7) is 5.94. The summed E-state index contributed by atoms with van der Waals surface area (Å²) < 4.78 is 11.4. The molecule has 0 fully saturated rings. The Morgan fingerprint density at radius 2 is 1.81 bits per heavy atom. The Morgan fingerprint density at radius 1 is 1.03 bits per heavy atom. The molecule has 0 aliphatic rings. The Bertz CT molecular complexity index is 1310. The predicted octanol–water partition coefficient (Wildman–Crippen LogP) is 4.71. The molecule has 31 heavy (non-hydrogen) atoms. The SMILES string of the molecule is CCc1ccc2oc(-c3ccc(O)c(OC)c3)c/c(=N\Nc3nc(C)cc(C)n3)c2c1. The van der Waals surface area contributed by atoms with Crippen LogP contribution in [-0.2, 0) is 6.42 Å². The average Bonchev–Trinajstić information content (AvgIpc) is 2.76. The number of ether oxygens (including phenoxy) is 1. The van der Waals surface area contributed by atoms with E-state index in [1.54, 1.807) is 18.2 Å². The van der Waals surface area contributed by atoms with Gasteiger partial charge in [-0.15, -0.1) is 0 Å². The fraction of sp³-hybridized carbons (Fsp3) is 0.208. The van der Waals surface area contributed by atoms with Crippen molar-refractivity contribution in [2.45, 2.75) is 27.2 Å². The van der Waals surface area contributed by atoms with Crippen LogP contribution in [0.1, 0.15) is 23.9 Å². The molecule has 0 aliphatic carbocycles. The maximum Gasteiger partial charge on any atom is 0.243 e. The first kappa shape index (κ1) is 20.4. The average molecular weight is 416 g/mol. The van der Waals surface area contributed by atoms with Gasteiger partial charge in [0.15, 0.2) is 11.5 Å². The van der Waals surface area contributed by atoms with E-state index >= 15 is 0 Å². The highest BCUT2D eigenvalue weighted by Gasteiger charge is 2.10. The first-order valence-electron chi connectivity index (χ1n) is 10.0. The molecular formula is C24H24N4O3. The van der Waals surface area contributed by atoms with Crippen molar-refractivity contribution in [2.24, 2.45) is 5.10 Å². The van der Waals surface area contributed by atoms with E-state index in [9.17, 15) is 5.11 Å². The molecule has 0 bridgehead atoms. The normalized spacial score (nSPS) is 11.7. The minimum absolute atomic E-state index is 0.0678. The van der Waals surface area contributed by atoms with Crippen LogP contribution in [0.5, 0.6) is 11.5 Å². The first-order valence-corrected chi connectivity index (χ1v) is 10.0. The molecule has 2 N–H and O–H groups in total. The minimum atomic E-state index is 0.0678. The van der Waals surface area contributed by atoms with E-state index in [4.69, 9.17) is 9.15 Å². The van der Waals surface area contributed by atoms with Crippen molar-refractivity contribution < 1.29 is 14.3 Å². The van der Waals surface area contributed by atoms with Gasteiger partial charge in [-0.25, -0.2) is 15.4 Å². The number of fused-ring (bicyclic) bond motifs is 1. The topological polar surface area (TPSA) is 92.8 Å². The molecule has 2 aromatic carbocycles. The summed E-state index contributed by atoms with van der Waals surface area (Å²) in [7, 11) is 1.51. The zero-order chi connectivity index (χ0) is 22.0. The second-order valence-electron chi connectivity index (χ2n) is 7.26. The zero-order valence-corrected chi connectivity index (χ0v) is 17.9. The molecule has 0 radical (unpaired) electrons. The molecule has 4 rings (SSSR count). The van der Waals surface area contributed by atoms with Crippen LogP contribution < -0.4 is 15.5 Å². The molecule has 0 saturated heterocycles. The van der Waals surface area contributed by atoms with Crippen LogP contribution in [0.4, 0.5) is 5.95 Å². The van der Waals surface area contributed by atoms with Gasteiger partial charge in [-0.1, -0.05) is 13.0 Å². The van der Waals surface area contributed by atoms with Crippen molar-refractivity contribution >= 4 is 16.9 Å². The highest BCUT2D eigenvalue weighted by Crippen LogP contribution is 2.32. The number of benzene rings is 2. The van der Waals surface area contributed by atoms with Crippen LogP contribution in [0, 0.1) is 13.8 Å². The van der Waals surface area contributed by atoms with Crippen molar-refractivity contribution in [2.75, 3.05) is 12.5 Å². The van der Waals surface area contributed by atoms with Gasteiger partial charge in [0.2, 0.25) is 5.95 Å². The lowest BCUT2D eigenvalue weighted by Crippen LogP contribution is -2.09. The van der Waals surface area contributed by atoms with E-state index in [-0.39, 0.29) is 5.75 Å². The van der Waals surface area contributed by atoms with Crippen LogP contribution in [0.15, 0.2) is 58.0 Å². The van der Waals surface area contributed by atoms with Gasteiger partial charge in [-0.3, -0.25) is 0 Å². The van der Waals surface area contributed by atoms with Gasteiger partial charge >= 0.3 is 0 Å². The molecule has 0 saturated carbocycles. The molecule has 7 nitrogen and oxygen atoms in total. The lowest BCUT2D eigenvalue weighted by atomic mass is 10.1. The molecule has 0 aliphatic heterocycles. The fourth-order valence-corrected chi connectivity index (χ4v) is 3.39. The maximum atomic E-state index is 9.92. The number of nitrogens with zero attached hydrogens (tertiary/aromatic N) is 3. The largest absolute Gasteiger partial charge is 0.504 e. The van der Waals surface area contributed by atoms with E-state index in [1.807, 2.05) is 38.1 Å². The van der Waals surface area contributed by atoms with Gasteiger partial charge in [0.05, 0.1) is 12.5 Å². The number of phenolic OH excluding ortho intramolecular Hbond substituents is 1. The highest BCUT2D eigenvalue weighted by atomic mass is 16.5. The van der Waals surface area contributed by atoms with Gasteiger partial charge in [0, 0.05) is 28.4 Å². The summed E-state index contributed by atoms with van der Waals surface area (Å²) in [5.41, 5.74) is 7.35. The lowest BCUT2D eigenvalue weighted by Gasteiger charge is -2.09. The Labute approximate surface area is 180 Å². The van der Waals surface area contributed by atoms with Gasteiger partial charge in [0.25, 0.3) is 0 Å². The van der Waals surface area contributed by atoms with E-state index in [1.165, 1.54) is 12.7 Å². The number of hydrogen-bond donors (Lipinski definition) is 2. The fourth-order valence-electron chi connectivity index (χ4n) is 3.39. The summed E-state index contributed by atoms with van der Waals surface area (Å²) in [5.74, 6) is 1.47. The number of aryl methyl sites for hydroxylation is 3. The standard InChI is InChI=1S/C24H24N4O3/c1-5-16-6-9-21-18(11-16)19(27-28-24-25-14(2)10-15(3)26-24)13-22(31-21)17-7-8-20(29)23(12-17)30-4/h6-13,29H,5H2,1-4H3,(H,25,26,28)/b27-19+. The molecule has 7 heteroatoms. The van der Waals surface area contributed by atoms with Crippen LogP contribution in [0.3, 0.4) is 0 Å². The Hall–Kier alpha value is -3.87. The van der Waals surface area contributed by atoms with E-state index in [2.05, 4.69) is 33.5 Å². The second kappa shape index (κ2) is 8.47. The summed E-state index contributed by atoms with van der Waals surface area (Å²) >= 11 is 0. The van der Waals surface area contributed by atoms with Gasteiger partial charge in [-0.05, 0) is 62.2 Å². The number of aromatic nitrogens is 2. The van der Waals surface area contributed by atoms with Crippen LogP contribution >= 0.6 is 0 Å². The monoisotopic (exact) mass is 416 g/mol. The highest BCUT2D eigenvalue weighted by molar-refractivity contribution is 5.79. The predicted molar refractivity (Wildman–Crippen MR) is 120 cm³/mol. The van der Waals surface area contributed by atoms with Crippen LogP contribution in [0.25, 0.3) is 22.3 Å². The molecule has 2 heterocycles. The Balaban J connectivity index is 1.88. The van der Waals surface area contributed by atoms with Crippen LogP contribution in [0.2, 0.25) is 0 Å². The van der Waals surface area contributed by atoms with Crippen molar-refractivity contribution in [1.29, 1.82) is 0 Å². The molecule has 0 amide bonds. The number of rotatable bonds is 5. The molecule has 158 valence electrons. The summed E-state index contributed by atoms with van der Waals surface area (Å²) in [6, 6.07) is 14.9. The van der Waals surface area contributed by atoms with E-state index < -0.39 is 0 Å². The number of phenols is 1. The van der Waals surface area contributed by atoms with Crippen molar-refractivity contribution in [3.63, 3.8) is 0 Å². The van der Waals surface area contributed by atoms with Gasteiger partial charge in [-0.2, -0.15) is 5.10 Å². The number of anilines is 1. The van der Waals surface area contributed by atoms with Gasteiger partial charge in [0.1, 0.15) is 11.3 Å². The number of nitrogens with one attached hydrogen (secondary N) is 1. The molecular weight excluding hydrogens is 392 g/mol. The second-order valence-corrected chi connectivity index (χ2v) is 7.26. The number of hydrogen-bond acceptors (Lipinski definition) is 7. The summed E-state index contributed by atoms with van der Waals surface area (Å²) in [6.07, 6.45) is 0.903. The lowest BCUT2D eigenvalue weighted by molar-refractivity contribution is 0.373. The third kappa shape index (κ3) is 4.35. The summed E-state index contributed by atoms with van der Waals surface area (Å²) in [4.78, 5) is 8.78. The van der Waals surface area contributed by atoms with E-state index in [0.717, 1.165) is 28.8 Å². The molecule has 0 unspecified atom stereocenters. The molecule has 0 spiro atoms. The smallest absolute Gasteiger partial charge is 0.243 e. The third-order valence-corrected chi connectivity index (χ3v) is 4.94. The van der Waals surface area contributed by atoms with E-state index in [0.29, 0.717) is 28.4 Å². The molecule has 0 atom stereocenters. The quantitative estimate of drug-likeness (QED) is 0.458. The number of methoxy groups -OCH3 is 1. The Kier molecular flexibility index (Phi) is 5.58. The van der Waals surface area contributed by atoms with Crippen molar-refractivity contribution in [1.82, 2.24) is 9.97 Å². The number of aromatic hydroxyl groups is 1. The third-order valence-electron chi connectivity index (χ3n) is 4.94. The van der Waals surface area contributed by atoms with Crippen molar-refractivity contribution in [3.05, 3.63) is 70.8 Å². The van der Waals surface area contributed by atoms with Gasteiger partial charge < -0.3 is 14.3 Å². The molecule has 2 aromatic heterocycles.